The van der Waals surface area contributed by atoms with Gasteiger partial charge in [-0.05, 0) is 45.1 Å². The quantitative estimate of drug-likeness (QED) is 0.799. The number of piperidine rings is 2. The van der Waals surface area contributed by atoms with Crippen LogP contribution in [0.2, 0.25) is 0 Å². The van der Waals surface area contributed by atoms with E-state index in [1.807, 2.05) is 6.92 Å². The van der Waals surface area contributed by atoms with Crippen molar-refractivity contribution < 1.29 is 18.0 Å². The van der Waals surface area contributed by atoms with E-state index in [0.717, 1.165) is 43.7 Å². The largest absolute Gasteiger partial charge is 0.356 e. The van der Waals surface area contributed by atoms with Crippen molar-refractivity contribution in [2.45, 2.75) is 43.2 Å². The van der Waals surface area contributed by atoms with Crippen LogP contribution in [0.1, 0.15) is 49.4 Å². The Bertz CT molecular complexity index is 776. The van der Waals surface area contributed by atoms with Crippen LogP contribution in [0.25, 0.3) is 0 Å². The van der Waals surface area contributed by atoms with Crippen LogP contribution in [0.4, 0.5) is 0 Å². The molecule has 2 amide bonds. The Balaban J connectivity index is 1.65. The summed E-state index contributed by atoms with van der Waals surface area (Å²) in [6, 6.07) is 1.51. The van der Waals surface area contributed by atoms with Crippen LogP contribution in [0, 0.1) is 5.92 Å². The van der Waals surface area contributed by atoms with Gasteiger partial charge in [0.15, 0.2) is 0 Å². The molecule has 2 aliphatic rings. The number of nitrogens with one attached hydrogen (secondary N) is 1. The highest BCUT2D eigenvalue weighted by molar-refractivity contribution is 7.91. The molecule has 7 nitrogen and oxygen atoms in total. The van der Waals surface area contributed by atoms with Gasteiger partial charge < -0.3 is 10.2 Å². The standard InChI is InChI=1S/C18H27N3O4S2/c1-2-19-17(22)14-6-10-21(11-7-14)27(24,25)16-12-15(13-26-16)18(23)20-8-4-3-5-9-20/h12-14H,2-11H2,1H3,(H,19,22). The predicted octanol–water partition coefficient (Wildman–Crippen LogP) is 1.91. The van der Waals surface area contributed by atoms with Crippen LogP contribution in [-0.4, -0.2) is 62.2 Å². The van der Waals surface area contributed by atoms with E-state index >= 15 is 0 Å². The first kappa shape index (κ1) is 20.3. The lowest BCUT2D eigenvalue weighted by Gasteiger charge is -2.30. The molecule has 0 unspecified atom stereocenters. The summed E-state index contributed by atoms with van der Waals surface area (Å²) in [5.74, 6) is -0.210. The van der Waals surface area contributed by atoms with Crippen LogP contribution in [0.15, 0.2) is 15.7 Å². The number of nitrogens with zero attached hydrogens (tertiary/aromatic N) is 2. The summed E-state index contributed by atoms with van der Waals surface area (Å²) in [5, 5.41) is 4.44. The van der Waals surface area contributed by atoms with Gasteiger partial charge in [0.1, 0.15) is 4.21 Å². The molecular formula is C18H27N3O4S2. The zero-order valence-corrected chi connectivity index (χ0v) is 17.3. The normalized spacial score (nSPS) is 19.8. The van der Waals surface area contributed by atoms with E-state index in [2.05, 4.69) is 5.32 Å². The average Bonchev–Trinajstić information content (AvgIpc) is 3.19. The fourth-order valence-electron chi connectivity index (χ4n) is 3.65. The fraction of sp³-hybridized carbons (Fsp3) is 0.667. The highest BCUT2D eigenvalue weighted by Gasteiger charge is 2.33. The van der Waals surface area contributed by atoms with E-state index in [0.29, 0.717) is 38.0 Å². The monoisotopic (exact) mass is 413 g/mol. The number of rotatable bonds is 5. The molecule has 0 saturated carbocycles. The van der Waals surface area contributed by atoms with Crippen molar-refractivity contribution in [3.8, 4) is 0 Å². The first-order valence-electron chi connectivity index (χ1n) is 9.59. The summed E-state index contributed by atoms with van der Waals surface area (Å²) in [6.07, 6.45) is 4.19. The van der Waals surface area contributed by atoms with Crippen LogP contribution in [0.3, 0.4) is 0 Å². The first-order chi connectivity index (χ1) is 12.9. The number of likely N-dealkylation sites (tertiary alicyclic amines) is 1. The van der Waals surface area contributed by atoms with Crippen molar-refractivity contribution in [1.82, 2.24) is 14.5 Å². The van der Waals surface area contributed by atoms with E-state index < -0.39 is 10.0 Å². The number of hydrogen-bond acceptors (Lipinski definition) is 5. The molecule has 3 heterocycles. The van der Waals surface area contributed by atoms with Gasteiger partial charge in [0.05, 0.1) is 5.56 Å². The second-order valence-corrected chi connectivity index (χ2v) is 10.2. The van der Waals surface area contributed by atoms with E-state index in [1.165, 1.54) is 10.4 Å². The van der Waals surface area contributed by atoms with Crippen LogP contribution < -0.4 is 5.32 Å². The molecular weight excluding hydrogens is 386 g/mol. The molecule has 27 heavy (non-hydrogen) atoms. The van der Waals surface area contributed by atoms with E-state index in [-0.39, 0.29) is 21.9 Å². The number of hydrogen-bond donors (Lipinski definition) is 1. The third-order valence-corrected chi connectivity index (χ3v) is 8.55. The van der Waals surface area contributed by atoms with Crippen molar-refractivity contribution >= 4 is 33.2 Å². The number of carbonyl (C=O) groups excluding carboxylic acids is 2. The molecule has 0 bridgehead atoms. The SMILES string of the molecule is CCNC(=O)C1CCN(S(=O)(=O)c2cc(C(=O)N3CCCCC3)cs2)CC1. The van der Waals surface area contributed by atoms with Crippen molar-refractivity contribution in [3.05, 3.63) is 17.0 Å². The Morgan fingerprint density at radius 2 is 1.81 bits per heavy atom. The highest BCUT2D eigenvalue weighted by Crippen LogP contribution is 2.29. The van der Waals surface area contributed by atoms with E-state index in [1.54, 1.807) is 10.3 Å². The zero-order chi connectivity index (χ0) is 19.4. The van der Waals surface area contributed by atoms with Gasteiger partial charge in [0.2, 0.25) is 5.91 Å². The maximum absolute atomic E-state index is 12.9. The molecule has 3 rings (SSSR count). The third kappa shape index (κ3) is 4.52. The molecule has 2 saturated heterocycles. The molecule has 2 fully saturated rings. The van der Waals surface area contributed by atoms with E-state index in [9.17, 15) is 18.0 Å². The number of amides is 2. The third-order valence-electron chi connectivity index (χ3n) is 5.24. The molecule has 0 aromatic carbocycles. The van der Waals surface area contributed by atoms with Gasteiger partial charge in [-0.2, -0.15) is 4.31 Å². The summed E-state index contributed by atoms with van der Waals surface area (Å²) in [6.45, 7) is 4.60. The number of sulfonamides is 1. The van der Waals surface area contributed by atoms with Crippen LogP contribution in [0.5, 0.6) is 0 Å². The van der Waals surface area contributed by atoms with Gasteiger partial charge in [-0.25, -0.2) is 8.42 Å². The first-order valence-corrected chi connectivity index (χ1v) is 11.9. The van der Waals surface area contributed by atoms with Gasteiger partial charge in [-0.15, -0.1) is 11.3 Å². The Morgan fingerprint density at radius 3 is 2.44 bits per heavy atom. The minimum atomic E-state index is -3.62. The molecule has 0 radical (unpaired) electrons. The average molecular weight is 414 g/mol. The van der Waals surface area contributed by atoms with Gasteiger partial charge in [-0.3, -0.25) is 9.59 Å². The van der Waals surface area contributed by atoms with Crippen molar-refractivity contribution in [3.63, 3.8) is 0 Å². The summed E-state index contributed by atoms with van der Waals surface area (Å²) in [4.78, 5) is 26.3. The molecule has 0 aliphatic carbocycles. The number of thiophene rings is 1. The molecule has 9 heteroatoms. The van der Waals surface area contributed by atoms with Crippen LogP contribution in [-0.2, 0) is 14.8 Å². The molecule has 1 aromatic heterocycles. The molecule has 150 valence electrons. The molecule has 0 spiro atoms. The second kappa shape index (κ2) is 8.70. The lowest BCUT2D eigenvalue weighted by atomic mass is 9.97. The molecule has 2 aliphatic heterocycles. The van der Waals surface area contributed by atoms with Gasteiger partial charge in [-0.1, -0.05) is 0 Å². The Kier molecular flexibility index (Phi) is 6.54. The Hall–Kier alpha value is -1.45. The minimum absolute atomic E-state index is 0.0000797. The van der Waals surface area contributed by atoms with Gasteiger partial charge in [0.25, 0.3) is 15.9 Å². The molecule has 0 atom stereocenters. The summed E-state index contributed by atoms with van der Waals surface area (Å²) in [5.41, 5.74) is 0.456. The minimum Gasteiger partial charge on any atom is -0.356 e. The maximum Gasteiger partial charge on any atom is 0.254 e. The Labute approximate surface area is 164 Å². The van der Waals surface area contributed by atoms with Crippen molar-refractivity contribution in [1.29, 1.82) is 0 Å². The molecule has 1 N–H and O–H groups in total. The van der Waals surface area contributed by atoms with Crippen molar-refractivity contribution in [2.75, 3.05) is 32.7 Å². The van der Waals surface area contributed by atoms with Crippen LogP contribution >= 0.6 is 11.3 Å². The van der Waals surface area contributed by atoms with Gasteiger partial charge >= 0.3 is 0 Å². The topological polar surface area (TPSA) is 86.8 Å². The second-order valence-electron chi connectivity index (χ2n) is 7.08. The van der Waals surface area contributed by atoms with Crippen molar-refractivity contribution in [2.24, 2.45) is 5.92 Å². The smallest absolute Gasteiger partial charge is 0.254 e. The van der Waals surface area contributed by atoms with Gasteiger partial charge in [0, 0.05) is 44.0 Å². The molecule has 1 aromatic rings. The summed E-state index contributed by atoms with van der Waals surface area (Å²) < 4.78 is 27.5. The Morgan fingerprint density at radius 1 is 1.15 bits per heavy atom. The summed E-state index contributed by atoms with van der Waals surface area (Å²) >= 11 is 1.10. The zero-order valence-electron chi connectivity index (χ0n) is 15.6. The number of carbonyl (C=O) groups is 2. The maximum atomic E-state index is 12.9. The fourth-order valence-corrected chi connectivity index (χ4v) is 6.42. The predicted molar refractivity (Wildman–Crippen MR) is 104 cm³/mol. The summed E-state index contributed by atoms with van der Waals surface area (Å²) in [7, 11) is -3.62. The highest BCUT2D eigenvalue weighted by atomic mass is 32.2. The van der Waals surface area contributed by atoms with E-state index in [4.69, 9.17) is 0 Å². The lowest BCUT2D eigenvalue weighted by Crippen LogP contribution is -2.42. The lowest BCUT2D eigenvalue weighted by molar-refractivity contribution is -0.126.